The van der Waals surface area contributed by atoms with Crippen LogP contribution in [0.1, 0.15) is 5.56 Å². The first kappa shape index (κ1) is 50.1. The quantitative estimate of drug-likeness (QED) is 0.212. The Balaban J connectivity index is -0.0000000307. The van der Waals surface area contributed by atoms with E-state index in [9.17, 15) is 5.11 Å². The Morgan fingerprint density at radius 2 is 0.964 bits per heavy atom. The van der Waals surface area contributed by atoms with Crippen LogP contribution in [0.3, 0.4) is 0 Å². The number of benzene rings is 1. The maximum Gasteiger partial charge on any atom is 0 e. The molecule has 146 valence electrons. The van der Waals surface area contributed by atoms with Crippen LogP contribution < -0.4 is 5.11 Å². The van der Waals surface area contributed by atoms with E-state index in [0.717, 1.165) is 0 Å². The molecule has 0 saturated carbocycles. The molecule has 0 aliphatic rings. The molecule has 7 nitrogen and oxygen atoms in total. The maximum atomic E-state index is 10.4. The first-order valence-electron chi connectivity index (χ1n) is 5.54. The van der Waals surface area contributed by atoms with E-state index in [1.807, 2.05) is 36.4 Å². The molecule has 0 unspecified atom stereocenters. The SMILES string of the molecule is [C-]#[O+].[C-]#[O+].[C-]#[O+].[C-]#[O+].[C-]#[O+].[C-]#[O+].[CH-]=C([O-])c1ccccc1.[Mn].[Re].c1cc[cH-]c1. The molecule has 2 rings (SSSR count). The molecule has 0 N–H and O–H groups in total. The van der Waals surface area contributed by atoms with Gasteiger partial charge in [-0.3, -0.25) is 5.76 Å². The molecule has 0 spiro atoms. The summed E-state index contributed by atoms with van der Waals surface area (Å²) in [5.74, 6) is -0.379. The summed E-state index contributed by atoms with van der Waals surface area (Å²) < 4.78 is 45.0. The Morgan fingerprint density at radius 1 is 0.679 bits per heavy atom. The van der Waals surface area contributed by atoms with E-state index in [2.05, 4.69) is 39.9 Å². The summed E-state index contributed by atoms with van der Waals surface area (Å²) in [5, 5.41) is 10.4. The first-order chi connectivity index (χ1) is 12.8. The van der Waals surface area contributed by atoms with Crippen molar-refractivity contribution in [3.63, 3.8) is 0 Å². The second kappa shape index (κ2) is 73.9. The number of hydrogen-bond donors (Lipinski definition) is 0. The van der Waals surface area contributed by atoms with Crippen molar-refractivity contribution in [2.45, 2.75) is 0 Å². The van der Waals surface area contributed by atoms with Crippen molar-refractivity contribution in [3.8, 4) is 0 Å². The number of rotatable bonds is 1. The monoisotopic (exact) mass is 593 g/mol. The van der Waals surface area contributed by atoms with Crippen molar-refractivity contribution in [2.24, 2.45) is 0 Å². The topological polar surface area (TPSA) is 142 Å². The van der Waals surface area contributed by atoms with Crippen LogP contribution in [0.15, 0.2) is 60.7 Å². The van der Waals surface area contributed by atoms with Crippen molar-refractivity contribution < 1.29 is 70.5 Å². The van der Waals surface area contributed by atoms with Crippen molar-refractivity contribution in [2.75, 3.05) is 0 Å². The minimum absolute atomic E-state index is 0. The smallest absolute Gasteiger partial charge is 0 e. The second-order valence-corrected chi connectivity index (χ2v) is 2.69. The molecule has 28 heavy (non-hydrogen) atoms. The molecule has 0 saturated heterocycles. The van der Waals surface area contributed by atoms with Gasteiger partial charge in [-0.2, -0.15) is 23.8 Å². The zero-order valence-corrected chi connectivity index (χ0v) is 17.9. The van der Waals surface area contributed by atoms with Gasteiger partial charge in [0.2, 0.25) is 0 Å². The largest absolute Gasteiger partial charge is 0.899 e. The van der Waals surface area contributed by atoms with Crippen molar-refractivity contribution >= 4 is 5.76 Å². The fraction of sp³-hybridized carbons (Fsp3) is 0. The molecule has 0 fully saturated rings. The standard InChI is InChI=1S/C8H7O.C5H5.6CO.Mn.Re/c1-7(9)8-5-3-2-4-6-8;1-2-4-5-3-1;6*1-2;;/h1-6,9H;1-5H;;;;;;;;/q2*-1;;;;;;;;/p-1. The average molecular weight is 592 g/mol. The summed E-state index contributed by atoms with van der Waals surface area (Å²) in [6.45, 7) is 32.0. The first-order valence-corrected chi connectivity index (χ1v) is 5.54. The van der Waals surface area contributed by atoms with Crippen LogP contribution in [0.25, 0.3) is 5.76 Å². The van der Waals surface area contributed by atoms with E-state index in [0.29, 0.717) is 5.56 Å². The maximum absolute atomic E-state index is 10.4. The van der Waals surface area contributed by atoms with Crippen LogP contribution >= 0.6 is 0 Å². The molecule has 0 aliphatic carbocycles. The van der Waals surface area contributed by atoms with Gasteiger partial charge in [0.1, 0.15) is 0 Å². The van der Waals surface area contributed by atoms with Crippen LogP contribution in [0, 0.1) is 46.5 Å². The van der Waals surface area contributed by atoms with Crippen LogP contribution in [-0.2, 0) is 65.4 Å². The van der Waals surface area contributed by atoms with Crippen molar-refractivity contribution in [1.82, 2.24) is 0 Å². The molecular formula is C19H11MnO7Re-3. The molecule has 2 aromatic carbocycles. The Bertz CT molecular complexity index is 534. The molecule has 0 atom stereocenters. The summed E-state index contributed by atoms with van der Waals surface area (Å²) in [5.41, 5.74) is 0.553. The van der Waals surface area contributed by atoms with Crippen LogP contribution in [0.2, 0.25) is 0 Å². The van der Waals surface area contributed by atoms with Gasteiger partial charge in [-0.1, -0.05) is 18.2 Å². The van der Waals surface area contributed by atoms with Crippen LogP contribution in [0.5, 0.6) is 0 Å². The van der Waals surface area contributed by atoms with Gasteiger partial charge in [0.15, 0.2) is 0 Å². The molecule has 0 bridgehead atoms. The van der Waals surface area contributed by atoms with Gasteiger partial charge in [0.05, 0.1) is 0 Å². The van der Waals surface area contributed by atoms with E-state index in [1.165, 1.54) is 0 Å². The third kappa shape index (κ3) is 56.5. The minimum atomic E-state index is -0.379. The molecule has 0 amide bonds. The second-order valence-electron chi connectivity index (χ2n) is 2.69. The predicted molar refractivity (Wildman–Crippen MR) is 79.8 cm³/mol. The molecule has 0 aliphatic heterocycles. The van der Waals surface area contributed by atoms with E-state index >= 15 is 0 Å². The summed E-state index contributed by atoms with van der Waals surface area (Å²) in [6.07, 6.45) is 0. The predicted octanol–water partition coefficient (Wildman–Crippen LogP) is 2.00. The van der Waals surface area contributed by atoms with Crippen LogP contribution in [0.4, 0.5) is 0 Å². The Kier molecular flexibility index (Phi) is 132. The van der Waals surface area contributed by atoms with E-state index in [-0.39, 0.29) is 43.3 Å². The molecular weight excluding hydrogens is 581 g/mol. The van der Waals surface area contributed by atoms with Crippen molar-refractivity contribution in [1.29, 1.82) is 0 Å². The Hall–Kier alpha value is -2.27. The van der Waals surface area contributed by atoms with Crippen molar-refractivity contribution in [3.05, 3.63) is 113 Å². The molecule has 0 heterocycles. The van der Waals surface area contributed by atoms with Gasteiger partial charge >= 0.3 is 67.8 Å². The number of hydrogen-bond acceptors (Lipinski definition) is 1. The van der Waals surface area contributed by atoms with Gasteiger partial charge in [0, 0.05) is 37.5 Å². The van der Waals surface area contributed by atoms with E-state index in [4.69, 9.17) is 34.5 Å². The average Bonchev–Trinajstić information content (AvgIpc) is 3.38. The van der Waals surface area contributed by atoms with Gasteiger partial charge in [-0.05, 0) is 0 Å². The van der Waals surface area contributed by atoms with Gasteiger partial charge in [-0.15, -0.1) is 12.1 Å². The Morgan fingerprint density at radius 3 is 1.11 bits per heavy atom. The van der Waals surface area contributed by atoms with E-state index in [1.54, 1.807) is 24.3 Å². The summed E-state index contributed by atoms with van der Waals surface area (Å²) >= 11 is 0. The Labute approximate surface area is 188 Å². The fourth-order valence-corrected chi connectivity index (χ4v) is 0.923. The third-order valence-electron chi connectivity index (χ3n) is 1.61. The zero-order valence-electron chi connectivity index (χ0n) is 14.0. The van der Waals surface area contributed by atoms with Crippen LogP contribution in [-0.4, -0.2) is 0 Å². The molecule has 0 aromatic heterocycles. The summed E-state index contributed by atoms with van der Waals surface area (Å²) in [6, 6.07) is 18.8. The third-order valence-corrected chi connectivity index (χ3v) is 1.61. The summed E-state index contributed by atoms with van der Waals surface area (Å²) in [4.78, 5) is 0. The molecule has 2 radical (unpaired) electrons. The van der Waals surface area contributed by atoms with Gasteiger partial charge in [0.25, 0.3) is 0 Å². The normalized spacial score (nSPS) is 4.71. The summed E-state index contributed by atoms with van der Waals surface area (Å²) in [7, 11) is 0. The minimum Gasteiger partial charge on any atom is -0.899 e. The zero-order chi connectivity index (χ0) is 22.2. The van der Waals surface area contributed by atoms with Gasteiger partial charge < -0.3 is 11.7 Å². The molecule has 2 aromatic rings. The molecule has 9 heteroatoms. The van der Waals surface area contributed by atoms with Gasteiger partial charge in [-0.25, -0.2) is 12.1 Å². The fourth-order valence-electron chi connectivity index (χ4n) is 0.923. The van der Waals surface area contributed by atoms with E-state index < -0.39 is 0 Å².